The average molecular weight is 326 g/mol. The highest BCUT2D eigenvalue weighted by Crippen LogP contribution is 2.63. The normalized spacial score (nSPS) is 42.6. The van der Waals surface area contributed by atoms with Gasteiger partial charge in [-0.2, -0.15) is 0 Å². The van der Waals surface area contributed by atoms with Crippen molar-refractivity contribution in [3.63, 3.8) is 0 Å². The molecule has 0 heterocycles. The molecule has 0 spiro atoms. The number of rotatable bonds is 4. The molecule has 0 aromatic carbocycles. The van der Waals surface area contributed by atoms with Crippen LogP contribution in [0, 0.1) is 22.7 Å². The maximum atomic E-state index is 11.2. The smallest absolute Gasteiger partial charge is 0.335 e. The maximum Gasteiger partial charge on any atom is 0.335 e. The standard InChI is InChI=1S/C19H34O4/c1-16(2)9-6-10-17(3)13(16)7-11-18(4,22)14(17)8-12-19(5,23)15(20)21/h13-14,22-23H,6-12H2,1-5H3,(H,20,21). The Labute approximate surface area is 140 Å². The van der Waals surface area contributed by atoms with E-state index in [0.29, 0.717) is 12.3 Å². The number of hydrogen-bond donors (Lipinski definition) is 3. The molecule has 3 N–H and O–H groups in total. The van der Waals surface area contributed by atoms with Crippen LogP contribution < -0.4 is 0 Å². The van der Waals surface area contributed by atoms with Crippen molar-refractivity contribution in [3.8, 4) is 0 Å². The summed E-state index contributed by atoms with van der Waals surface area (Å²) in [6.07, 6.45) is 5.98. The molecule has 0 amide bonds. The molecule has 2 saturated carbocycles. The van der Waals surface area contributed by atoms with Crippen LogP contribution in [-0.4, -0.2) is 32.5 Å². The molecule has 134 valence electrons. The van der Waals surface area contributed by atoms with Crippen molar-refractivity contribution in [3.05, 3.63) is 0 Å². The molecule has 5 atom stereocenters. The van der Waals surface area contributed by atoms with Crippen molar-refractivity contribution in [2.45, 2.75) is 90.8 Å². The molecule has 0 aromatic heterocycles. The number of hydrogen-bond acceptors (Lipinski definition) is 3. The van der Waals surface area contributed by atoms with Gasteiger partial charge in [0, 0.05) is 0 Å². The van der Waals surface area contributed by atoms with E-state index in [1.807, 2.05) is 6.92 Å². The summed E-state index contributed by atoms with van der Waals surface area (Å²) in [5.41, 5.74) is -2.23. The lowest BCUT2D eigenvalue weighted by Crippen LogP contribution is -2.57. The quantitative estimate of drug-likeness (QED) is 0.737. The van der Waals surface area contributed by atoms with Crippen molar-refractivity contribution >= 4 is 5.97 Å². The Morgan fingerprint density at radius 1 is 1.17 bits per heavy atom. The van der Waals surface area contributed by atoms with E-state index < -0.39 is 17.2 Å². The second kappa shape index (κ2) is 5.73. The SMILES string of the molecule is CC(O)(CCC1C(C)(O)CCC2C(C)(C)CCCC21C)C(=O)O. The largest absolute Gasteiger partial charge is 0.479 e. The zero-order valence-electron chi connectivity index (χ0n) is 15.4. The summed E-state index contributed by atoms with van der Waals surface area (Å²) >= 11 is 0. The van der Waals surface area contributed by atoms with Gasteiger partial charge in [-0.3, -0.25) is 0 Å². The summed E-state index contributed by atoms with van der Waals surface area (Å²) in [5.74, 6) is -0.610. The van der Waals surface area contributed by atoms with Crippen molar-refractivity contribution < 1.29 is 20.1 Å². The van der Waals surface area contributed by atoms with Crippen LogP contribution in [-0.2, 0) is 4.79 Å². The van der Waals surface area contributed by atoms with E-state index in [0.717, 1.165) is 25.7 Å². The number of aliphatic carboxylic acids is 1. The summed E-state index contributed by atoms with van der Waals surface area (Å²) in [5, 5.41) is 30.3. The fourth-order valence-electron chi connectivity index (χ4n) is 5.80. The lowest BCUT2D eigenvalue weighted by atomic mass is 9.45. The third kappa shape index (κ3) is 3.30. The molecule has 5 unspecified atom stereocenters. The van der Waals surface area contributed by atoms with Gasteiger partial charge >= 0.3 is 5.97 Å². The van der Waals surface area contributed by atoms with Crippen LogP contribution in [0.25, 0.3) is 0 Å². The molecule has 4 nitrogen and oxygen atoms in total. The Morgan fingerprint density at radius 2 is 1.78 bits per heavy atom. The van der Waals surface area contributed by atoms with E-state index in [-0.39, 0.29) is 23.2 Å². The predicted molar refractivity (Wildman–Crippen MR) is 90.1 cm³/mol. The molecular formula is C19H34O4. The van der Waals surface area contributed by atoms with E-state index in [9.17, 15) is 15.0 Å². The minimum absolute atomic E-state index is 0.0120. The van der Waals surface area contributed by atoms with Crippen LogP contribution in [0.3, 0.4) is 0 Å². The van der Waals surface area contributed by atoms with Gasteiger partial charge in [0.15, 0.2) is 5.60 Å². The van der Waals surface area contributed by atoms with Crippen LogP contribution in [0.5, 0.6) is 0 Å². The van der Waals surface area contributed by atoms with Crippen LogP contribution in [0.1, 0.15) is 79.6 Å². The Balaban J connectivity index is 2.28. The first kappa shape index (κ1) is 18.7. The van der Waals surface area contributed by atoms with Gasteiger partial charge < -0.3 is 15.3 Å². The van der Waals surface area contributed by atoms with Gasteiger partial charge in [0.05, 0.1) is 5.60 Å². The van der Waals surface area contributed by atoms with E-state index in [4.69, 9.17) is 5.11 Å². The predicted octanol–water partition coefficient (Wildman–Crippen LogP) is 3.60. The lowest BCUT2D eigenvalue weighted by Gasteiger charge is -2.61. The Bertz CT molecular complexity index is 466. The van der Waals surface area contributed by atoms with E-state index in [2.05, 4.69) is 20.8 Å². The minimum atomic E-state index is -1.72. The van der Waals surface area contributed by atoms with Gasteiger partial charge in [-0.15, -0.1) is 0 Å². The monoisotopic (exact) mass is 326 g/mol. The number of carboxylic acids is 1. The van der Waals surface area contributed by atoms with Crippen LogP contribution in [0.2, 0.25) is 0 Å². The first-order valence-corrected chi connectivity index (χ1v) is 9.01. The number of carbonyl (C=O) groups is 1. The summed E-state index contributed by atoms with van der Waals surface area (Å²) in [6.45, 7) is 10.2. The number of fused-ring (bicyclic) bond motifs is 1. The van der Waals surface area contributed by atoms with E-state index in [1.165, 1.54) is 13.3 Å². The van der Waals surface area contributed by atoms with Crippen molar-refractivity contribution in [2.75, 3.05) is 0 Å². The molecule has 4 heteroatoms. The van der Waals surface area contributed by atoms with Crippen molar-refractivity contribution in [1.29, 1.82) is 0 Å². The zero-order chi connectivity index (χ0) is 17.7. The molecule has 0 saturated heterocycles. The summed E-state index contributed by atoms with van der Waals surface area (Å²) in [6, 6.07) is 0. The van der Waals surface area contributed by atoms with Crippen molar-refractivity contribution in [2.24, 2.45) is 22.7 Å². The number of aliphatic hydroxyl groups is 2. The summed E-state index contributed by atoms with van der Waals surface area (Å²) < 4.78 is 0. The van der Waals surface area contributed by atoms with Gasteiger partial charge in [0.2, 0.25) is 0 Å². The summed E-state index contributed by atoms with van der Waals surface area (Å²) in [4.78, 5) is 11.2. The second-order valence-corrected chi connectivity index (χ2v) is 9.47. The molecule has 0 radical (unpaired) electrons. The molecule has 2 aliphatic carbocycles. The van der Waals surface area contributed by atoms with Gasteiger partial charge in [-0.05, 0) is 75.0 Å². The lowest BCUT2D eigenvalue weighted by molar-refractivity contribution is -0.177. The second-order valence-electron chi connectivity index (χ2n) is 9.47. The molecule has 2 rings (SSSR count). The van der Waals surface area contributed by atoms with E-state index >= 15 is 0 Å². The molecule has 2 aliphatic rings. The third-order valence-electron chi connectivity index (χ3n) is 7.14. The third-order valence-corrected chi connectivity index (χ3v) is 7.14. The molecular weight excluding hydrogens is 292 g/mol. The minimum Gasteiger partial charge on any atom is -0.479 e. The fraction of sp³-hybridized carbons (Fsp3) is 0.947. The molecule has 0 aromatic rings. The Kier molecular flexibility index (Phi) is 4.67. The molecule has 0 aliphatic heterocycles. The fourth-order valence-corrected chi connectivity index (χ4v) is 5.80. The average Bonchev–Trinajstić information content (AvgIpc) is 2.35. The van der Waals surface area contributed by atoms with Gasteiger partial charge in [-0.1, -0.05) is 27.2 Å². The first-order valence-electron chi connectivity index (χ1n) is 9.01. The van der Waals surface area contributed by atoms with E-state index in [1.54, 1.807) is 0 Å². The summed E-state index contributed by atoms with van der Waals surface area (Å²) in [7, 11) is 0. The number of carboxylic acid groups (broad SMARTS) is 1. The molecule has 23 heavy (non-hydrogen) atoms. The van der Waals surface area contributed by atoms with Gasteiger partial charge in [-0.25, -0.2) is 4.79 Å². The highest BCUT2D eigenvalue weighted by atomic mass is 16.4. The molecule has 0 bridgehead atoms. The zero-order valence-corrected chi connectivity index (χ0v) is 15.4. The van der Waals surface area contributed by atoms with Crippen LogP contribution in [0.15, 0.2) is 0 Å². The maximum absolute atomic E-state index is 11.2. The highest BCUT2D eigenvalue weighted by molar-refractivity contribution is 5.76. The van der Waals surface area contributed by atoms with Crippen LogP contribution in [0.4, 0.5) is 0 Å². The van der Waals surface area contributed by atoms with Gasteiger partial charge in [0.25, 0.3) is 0 Å². The topological polar surface area (TPSA) is 77.8 Å². The Hall–Kier alpha value is -0.610. The van der Waals surface area contributed by atoms with Crippen molar-refractivity contribution in [1.82, 2.24) is 0 Å². The van der Waals surface area contributed by atoms with Gasteiger partial charge in [0.1, 0.15) is 0 Å². The van der Waals surface area contributed by atoms with Crippen LogP contribution >= 0.6 is 0 Å². The Morgan fingerprint density at radius 3 is 2.35 bits per heavy atom. The highest BCUT2D eigenvalue weighted by Gasteiger charge is 2.57. The molecule has 2 fully saturated rings. The first-order chi connectivity index (χ1) is 10.3.